The minimum Gasteiger partial charge on any atom is -0.379 e. The van der Waals surface area contributed by atoms with E-state index >= 15 is 0 Å². The molecule has 2 atom stereocenters. The van der Waals surface area contributed by atoms with Crippen LogP contribution in [0.15, 0.2) is 0 Å². The van der Waals surface area contributed by atoms with Gasteiger partial charge in [0.15, 0.2) is 0 Å². The number of piperidine rings is 1. The van der Waals surface area contributed by atoms with Gasteiger partial charge in [-0.25, -0.2) is 0 Å². The predicted molar refractivity (Wildman–Crippen MR) is 183 cm³/mol. The Balaban J connectivity index is 0.000000288. The fourth-order valence-electron chi connectivity index (χ4n) is 5.47. The number of amides is 1. The van der Waals surface area contributed by atoms with E-state index in [2.05, 4.69) is 89.1 Å². The molecular weight excluding hydrogens is 538 g/mol. The molecule has 4 fully saturated rings. The van der Waals surface area contributed by atoms with Crippen molar-refractivity contribution in [2.45, 2.75) is 113 Å². The minimum absolute atomic E-state index is 0.147. The number of carbonyl (C=O) groups excluding carboxylic acids is 1. The van der Waals surface area contributed by atoms with Crippen molar-refractivity contribution in [3.63, 3.8) is 0 Å². The van der Waals surface area contributed by atoms with E-state index in [1.54, 1.807) is 0 Å². The number of hydrogen-bond donors (Lipinski definition) is 0. The third-order valence-corrected chi connectivity index (χ3v) is 9.46. The number of ether oxygens (including phenoxy) is 2. The van der Waals surface area contributed by atoms with Crippen LogP contribution < -0.4 is 0 Å². The fourth-order valence-corrected chi connectivity index (χ4v) is 5.47. The number of hydrogen-bond acceptors (Lipinski definition) is 7. The zero-order valence-electron chi connectivity index (χ0n) is 30.6. The van der Waals surface area contributed by atoms with Crippen LogP contribution in [0.4, 0.5) is 0 Å². The molecule has 4 saturated heterocycles. The van der Waals surface area contributed by atoms with Gasteiger partial charge in [0, 0.05) is 70.4 Å². The van der Waals surface area contributed by atoms with Gasteiger partial charge in [-0.05, 0) is 86.0 Å². The second-order valence-corrected chi connectivity index (χ2v) is 14.5. The van der Waals surface area contributed by atoms with Crippen molar-refractivity contribution in [3.05, 3.63) is 0 Å². The normalized spacial score (nSPS) is 22.7. The second-order valence-electron chi connectivity index (χ2n) is 14.5. The molecule has 0 aliphatic carbocycles. The molecule has 0 N–H and O–H groups in total. The van der Waals surface area contributed by atoms with Gasteiger partial charge in [0.05, 0.1) is 25.4 Å². The number of morpholine rings is 1. The first kappa shape index (κ1) is 40.3. The molecule has 0 radical (unpaired) electrons. The van der Waals surface area contributed by atoms with E-state index in [9.17, 15) is 4.79 Å². The van der Waals surface area contributed by atoms with Crippen molar-refractivity contribution in [1.29, 1.82) is 0 Å². The summed E-state index contributed by atoms with van der Waals surface area (Å²) in [6.45, 7) is 34.8. The summed E-state index contributed by atoms with van der Waals surface area (Å²) in [5.74, 6) is 2.02. The first-order chi connectivity index (χ1) is 20.2. The summed E-state index contributed by atoms with van der Waals surface area (Å²) in [4.78, 5) is 23.1. The maximum absolute atomic E-state index is 11.5. The van der Waals surface area contributed by atoms with E-state index in [4.69, 9.17) is 9.47 Å². The van der Waals surface area contributed by atoms with E-state index < -0.39 is 0 Å². The highest BCUT2D eigenvalue weighted by Gasteiger charge is 2.22. The number of likely N-dealkylation sites (tertiary alicyclic amines) is 2. The van der Waals surface area contributed by atoms with E-state index in [0.29, 0.717) is 24.2 Å². The topological polar surface area (TPSA) is 51.7 Å². The molecule has 0 aromatic heterocycles. The van der Waals surface area contributed by atoms with Gasteiger partial charge in [0.1, 0.15) is 0 Å². The molecule has 0 spiro atoms. The van der Waals surface area contributed by atoms with Crippen LogP contribution in [0.25, 0.3) is 0 Å². The quantitative estimate of drug-likeness (QED) is 0.401. The van der Waals surface area contributed by atoms with Gasteiger partial charge in [-0.1, -0.05) is 41.5 Å². The molecule has 4 rings (SSSR count). The lowest BCUT2D eigenvalue weighted by molar-refractivity contribution is -0.136. The lowest BCUT2D eigenvalue weighted by atomic mass is 10.0. The Labute approximate surface area is 267 Å². The number of carbonyl (C=O) groups is 1. The maximum Gasteiger partial charge on any atom is 0.225 e. The summed E-state index contributed by atoms with van der Waals surface area (Å²) in [6.07, 6.45) is 4.73. The van der Waals surface area contributed by atoms with Gasteiger partial charge in [-0.15, -0.1) is 0 Å². The molecule has 0 saturated carbocycles. The van der Waals surface area contributed by atoms with Crippen LogP contribution in [0.5, 0.6) is 0 Å². The Morgan fingerprint density at radius 1 is 0.628 bits per heavy atom. The molecule has 1 amide bonds. The molecule has 0 aromatic carbocycles. The molecule has 8 heteroatoms. The SMILES string of the molecule is CC(C)C(=O)N1CCN(C)CC1.CC(C)C(C)N1CCC1.CC(C)C(C)N1CCOCC1.CC(C)OC1CCN(C)CC1. The summed E-state index contributed by atoms with van der Waals surface area (Å²) in [7, 11) is 4.27. The number of piperazine rings is 1. The van der Waals surface area contributed by atoms with E-state index in [1.165, 1.54) is 45.4 Å². The smallest absolute Gasteiger partial charge is 0.225 e. The van der Waals surface area contributed by atoms with Gasteiger partial charge in [-0.2, -0.15) is 0 Å². The van der Waals surface area contributed by atoms with Crippen LogP contribution in [0.1, 0.15) is 88.5 Å². The molecule has 4 heterocycles. The van der Waals surface area contributed by atoms with E-state index in [-0.39, 0.29) is 5.92 Å². The highest BCUT2D eigenvalue weighted by molar-refractivity contribution is 5.78. The van der Waals surface area contributed by atoms with Gasteiger partial charge in [0.2, 0.25) is 5.91 Å². The van der Waals surface area contributed by atoms with Crippen molar-refractivity contribution in [1.82, 2.24) is 24.5 Å². The Hall–Kier alpha value is -0.770. The lowest BCUT2D eigenvalue weighted by Crippen LogP contribution is -2.48. The fraction of sp³-hybridized carbons (Fsp3) is 0.971. The zero-order chi connectivity index (χ0) is 32.5. The third-order valence-electron chi connectivity index (χ3n) is 9.46. The van der Waals surface area contributed by atoms with Crippen molar-refractivity contribution in [2.24, 2.45) is 17.8 Å². The highest BCUT2D eigenvalue weighted by atomic mass is 16.5. The zero-order valence-corrected chi connectivity index (χ0v) is 30.6. The summed E-state index contributed by atoms with van der Waals surface area (Å²) >= 11 is 0. The average Bonchev–Trinajstić information content (AvgIpc) is 2.94. The van der Waals surface area contributed by atoms with Gasteiger partial charge >= 0.3 is 0 Å². The van der Waals surface area contributed by atoms with Crippen LogP contribution in [-0.2, 0) is 14.3 Å². The standard InChI is InChI=1S/C9H18N2O.2C9H19NO.C8H17N/c1-8(2)9(12)11-6-4-10(3)5-7-11;1-8(2)11-9-4-6-10(3)7-5-9;1-8(2)9(3)10-4-6-11-7-5-10;1-7(2)8(3)9-5-4-6-9/h8H,4-7H2,1-3H3;2*8-9H,4-7H2,1-3H3;7-8H,4-6H2,1-3H3. The molecular formula is C35H73N5O3. The summed E-state index contributed by atoms with van der Waals surface area (Å²) < 4.78 is 11.0. The lowest BCUT2D eigenvalue weighted by Gasteiger charge is -2.38. The van der Waals surface area contributed by atoms with Crippen LogP contribution in [0.3, 0.4) is 0 Å². The number of rotatable bonds is 7. The number of likely N-dealkylation sites (N-methyl/N-ethyl adjacent to an activating group) is 1. The van der Waals surface area contributed by atoms with Crippen LogP contribution >= 0.6 is 0 Å². The van der Waals surface area contributed by atoms with Gasteiger partial charge in [0.25, 0.3) is 0 Å². The monoisotopic (exact) mass is 612 g/mol. The van der Waals surface area contributed by atoms with Crippen LogP contribution in [-0.4, -0.2) is 147 Å². The number of nitrogens with zero attached hydrogens (tertiary/aromatic N) is 5. The van der Waals surface area contributed by atoms with Crippen molar-refractivity contribution in [3.8, 4) is 0 Å². The minimum atomic E-state index is 0.147. The van der Waals surface area contributed by atoms with E-state index in [0.717, 1.165) is 70.4 Å². The molecule has 8 nitrogen and oxygen atoms in total. The highest BCUT2D eigenvalue weighted by Crippen LogP contribution is 2.16. The predicted octanol–water partition coefficient (Wildman–Crippen LogP) is 5.02. The molecule has 0 aromatic rings. The van der Waals surface area contributed by atoms with Crippen molar-refractivity contribution >= 4 is 5.91 Å². The summed E-state index contributed by atoms with van der Waals surface area (Å²) in [5, 5.41) is 0. The van der Waals surface area contributed by atoms with Crippen molar-refractivity contribution in [2.75, 3.05) is 92.8 Å². The van der Waals surface area contributed by atoms with Crippen molar-refractivity contribution < 1.29 is 14.3 Å². The molecule has 4 aliphatic heterocycles. The summed E-state index contributed by atoms with van der Waals surface area (Å²) in [6, 6.07) is 1.51. The van der Waals surface area contributed by atoms with Crippen LogP contribution in [0.2, 0.25) is 0 Å². The molecule has 2 unspecified atom stereocenters. The Kier molecular flexibility index (Phi) is 20.5. The first-order valence-corrected chi connectivity index (χ1v) is 17.6. The Morgan fingerprint density at radius 3 is 1.42 bits per heavy atom. The second kappa shape index (κ2) is 21.9. The van der Waals surface area contributed by atoms with Gasteiger partial charge in [-0.3, -0.25) is 9.69 Å². The molecule has 4 aliphatic rings. The largest absolute Gasteiger partial charge is 0.379 e. The van der Waals surface area contributed by atoms with Gasteiger partial charge < -0.3 is 29.1 Å². The maximum atomic E-state index is 11.5. The Morgan fingerprint density at radius 2 is 1.07 bits per heavy atom. The third kappa shape index (κ3) is 16.9. The molecule has 256 valence electrons. The van der Waals surface area contributed by atoms with Crippen LogP contribution in [0, 0.1) is 17.8 Å². The Bertz CT molecular complexity index is 694. The summed E-state index contributed by atoms with van der Waals surface area (Å²) in [5.41, 5.74) is 0. The first-order valence-electron chi connectivity index (χ1n) is 17.6. The molecule has 0 bridgehead atoms. The molecule has 43 heavy (non-hydrogen) atoms. The average molecular weight is 612 g/mol. The van der Waals surface area contributed by atoms with E-state index in [1.807, 2.05) is 18.7 Å².